The van der Waals surface area contributed by atoms with E-state index in [1.807, 2.05) is 0 Å². The number of halogens is 5. The van der Waals surface area contributed by atoms with Crippen LogP contribution in [0.1, 0.15) is 0 Å². The van der Waals surface area contributed by atoms with E-state index in [4.69, 9.17) is 33.2 Å². The summed E-state index contributed by atoms with van der Waals surface area (Å²) < 4.78 is 25.5. The van der Waals surface area contributed by atoms with Crippen molar-refractivity contribution in [2.45, 2.75) is 0 Å². The summed E-state index contributed by atoms with van der Waals surface area (Å²) in [5.74, 6) is -2.06. The van der Waals surface area contributed by atoms with Crippen molar-refractivity contribution in [1.29, 1.82) is 0 Å². The molecule has 0 amide bonds. The predicted octanol–water partition coefficient (Wildman–Crippen LogP) is 2.83. The molecule has 12 heavy (non-hydrogen) atoms. The SMILES string of the molecule is Fc1cccc([Si](Cl)(Cl)Cl)c1F. The molecule has 0 saturated heterocycles. The van der Waals surface area contributed by atoms with Crippen molar-refractivity contribution in [2.75, 3.05) is 0 Å². The fourth-order valence-electron chi connectivity index (χ4n) is 0.723. The Labute approximate surface area is 83.2 Å². The maximum absolute atomic E-state index is 12.9. The minimum absolute atomic E-state index is 0.146. The van der Waals surface area contributed by atoms with Crippen LogP contribution in [0.25, 0.3) is 0 Å². The molecule has 0 spiro atoms. The highest BCUT2D eigenvalue weighted by Gasteiger charge is 2.32. The van der Waals surface area contributed by atoms with Crippen molar-refractivity contribution in [3.8, 4) is 0 Å². The van der Waals surface area contributed by atoms with Crippen LogP contribution in [0, 0.1) is 11.6 Å². The third kappa shape index (κ3) is 2.10. The number of hydrogen-bond donors (Lipinski definition) is 0. The second kappa shape index (κ2) is 3.50. The highest BCUT2D eigenvalue weighted by Crippen LogP contribution is 2.21. The Hall–Kier alpha value is 0.167. The highest BCUT2D eigenvalue weighted by molar-refractivity contribution is 7.69. The van der Waals surface area contributed by atoms with Crippen LogP contribution in [0.2, 0.25) is 0 Å². The molecule has 0 nitrogen and oxygen atoms in total. The second-order valence-corrected chi connectivity index (χ2v) is 10.5. The first kappa shape index (κ1) is 10.2. The molecule has 0 radical (unpaired) electrons. The monoisotopic (exact) mass is 246 g/mol. The van der Waals surface area contributed by atoms with Gasteiger partial charge in [-0.15, -0.1) is 33.2 Å². The molecule has 0 aromatic heterocycles. The normalized spacial score (nSPS) is 11.8. The Kier molecular flexibility index (Phi) is 2.99. The fourth-order valence-corrected chi connectivity index (χ4v) is 2.69. The number of benzene rings is 1. The van der Waals surface area contributed by atoms with Gasteiger partial charge in [0, 0.05) is 5.19 Å². The Morgan fingerprint density at radius 3 is 2.08 bits per heavy atom. The van der Waals surface area contributed by atoms with E-state index in [2.05, 4.69) is 0 Å². The van der Waals surface area contributed by atoms with E-state index in [1.54, 1.807) is 0 Å². The first-order chi connectivity index (χ1) is 5.43. The molecule has 0 aliphatic carbocycles. The van der Waals surface area contributed by atoms with E-state index < -0.39 is 17.6 Å². The van der Waals surface area contributed by atoms with Crippen LogP contribution in [0.3, 0.4) is 0 Å². The van der Waals surface area contributed by atoms with Crippen molar-refractivity contribution < 1.29 is 8.78 Å². The van der Waals surface area contributed by atoms with Gasteiger partial charge in [-0.3, -0.25) is 0 Å². The zero-order valence-electron chi connectivity index (χ0n) is 5.62. The summed E-state index contributed by atoms with van der Waals surface area (Å²) in [6.45, 7) is 0. The van der Waals surface area contributed by atoms with Gasteiger partial charge in [0.05, 0.1) is 0 Å². The van der Waals surface area contributed by atoms with E-state index >= 15 is 0 Å². The molecule has 66 valence electrons. The molecular weight excluding hydrogens is 245 g/mol. The van der Waals surface area contributed by atoms with Crippen molar-refractivity contribution in [2.24, 2.45) is 0 Å². The van der Waals surface area contributed by atoms with Crippen LogP contribution in [-0.2, 0) is 0 Å². The molecule has 0 unspecified atom stereocenters. The lowest BCUT2D eigenvalue weighted by atomic mass is 10.3. The van der Waals surface area contributed by atoms with Crippen LogP contribution < -0.4 is 5.19 Å². The van der Waals surface area contributed by atoms with Crippen LogP contribution in [0.15, 0.2) is 18.2 Å². The third-order valence-electron chi connectivity index (χ3n) is 1.26. The molecule has 1 aromatic carbocycles. The zero-order chi connectivity index (χ0) is 9.35. The highest BCUT2D eigenvalue weighted by atomic mass is 35.8. The van der Waals surface area contributed by atoms with Crippen LogP contribution >= 0.6 is 33.2 Å². The largest absolute Gasteiger partial charge is 0.375 e. The van der Waals surface area contributed by atoms with E-state index in [1.165, 1.54) is 12.1 Å². The number of rotatable bonds is 1. The van der Waals surface area contributed by atoms with Gasteiger partial charge >= 0.3 is 6.00 Å². The van der Waals surface area contributed by atoms with E-state index in [0.29, 0.717) is 0 Å². The summed E-state index contributed by atoms with van der Waals surface area (Å²) in [6.07, 6.45) is 0. The van der Waals surface area contributed by atoms with Crippen molar-refractivity contribution in [3.05, 3.63) is 29.8 Å². The summed E-state index contributed by atoms with van der Waals surface area (Å²) in [5.41, 5.74) is 0. The van der Waals surface area contributed by atoms with Gasteiger partial charge in [0.25, 0.3) is 0 Å². The Morgan fingerprint density at radius 1 is 1.08 bits per heavy atom. The van der Waals surface area contributed by atoms with E-state index in [0.717, 1.165) is 6.07 Å². The third-order valence-corrected chi connectivity index (χ3v) is 4.09. The van der Waals surface area contributed by atoms with E-state index in [9.17, 15) is 8.78 Å². The van der Waals surface area contributed by atoms with Crippen LogP contribution in [0.5, 0.6) is 0 Å². The molecule has 0 N–H and O–H groups in total. The zero-order valence-corrected chi connectivity index (χ0v) is 8.89. The van der Waals surface area contributed by atoms with Gasteiger partial charge < -0.3 is 0 Å². The average molecular weight is 248 g/mol. The lowest BCUT2D eigenvalue weighted by Crippen LogP contribution is -2.33. The molecule has 0 atom stereocenters. The minimum Gasteiger partial charge on any atom is -0.204 e. The molecule has 0 aliphatic rings. The van der Waals surface area contributed by atoms with Gasteiger partial charge in [0.1, 0.15) is 0 Å². The first-order valence-corrected chi connectivity index (χ1v) is 7.97. The number of hydrogen-bond acceptors (Lipinski definition) is 0. The predicted molar refractivity (Wildman–Crippen MR) is 49.3 cm³/mol. The second-order valence-electron chi connectivity index (χ2n) is 2.10. The Bertz CT molecular complexity index is 297. The summed E-state index contributed by atoms with van der Waals surface area (Å²) in [7, 11) is 0. The quantitative estimate of drug-likeness (QED) is 0.529. The molecule has 0 heterocycles. The summed E-state index contributed by atoms with van der Waals surface area (Å²) >= 11 is 16.5. The maximum Gasteiger partial charge on any atom is 0.375 e. The van der Waals surface area contributed by atoms with Crippen LogP contribution in [0.4, 0.5) is 8.78 Å². The maximum atomic E-state index is 12.9. The van der Waals surface area contributed by atoms with E-state index in [-0.39, 0.29) is 5.19 Å². The minimum atomic E-state index is -3.31. The smallest absolute Gasteiger partial charge is 0.204 e. The summed E-state index contributed by atoms with van der Waals surface area (Å²) in [4.78, 5) is 0. The average Bonchev–Trinajstić information content (AvgIpc) is 1.92. The Balaban J connectivity index is 3.26. The Morgan fingerprint density at radius 2 is 1.67 bits per heavy atom. The standard InChI is InChI=1S/C6H3Cl3F2Si/c7-12(8,9)5-3-1-2-4(10)6(5)11/h1-3H. The van der Waals surface area contributed by atoms with Crippen LogP contribution in [-0.4, -0.2) is 6.00 Å². The van der Waals surface area contributed by atoms with Crippen molar-refractivity contribution in [1.82, 2.24) is 0 Å². The first-order valence-electron chi connectivity index (χ1n) is 2.94. The lowest BCUT2D eigenvalue weighted by Gasteiger charge is -2.08. The summed E-state index contributed by atoms with van der Waals surface area (Å²) in [5, 5.41) is -0.146. The fraction of sp³-hybridized carbons (Fsp3) is 0. The summed E-state index contributed by atoms with van der Waals surface area (Å²) in [6, 6.07) is 0.252. The van der Waals surface area contributed by atoms with Gasteiger partial charge in [0.15, 0.2) is 11.6 Å². The molecule has 1 aromatic rings. The molecule has 0 aliphatic heterocycles. The van der Waals surface area contributed by atoms with Gasteiger partial charge in [-0.25, -0.2) is 8.78 Å². The van der Waals surface area contributed by atoms with Gasteiger partial charge in [-0.05, 0) is 6.07 Å². The van der Waals surface area contributed by atoms with Gasteiger partial charge in [-0.1, -0.05) is 12.1 Å². The molecule has 6 heteroatoms. The lowest BCUT2D eigenvalue weighted by molar-refractivity contribution is 0.514. The van der Waals surface area contributed by atoms with Crippen molar-refractivity contribution in [3.63, 3.8) is 0 Å². The molecule has 0 bridgehead atoms. The molecule has 0 saturated carbocycles. The van der Waals surface area contributed by atoms with Gasteiger partial charge in [-0.2, -0.15) is 0 Å². The molecule has 0 fully saturated rings. The van der Waals surface area contributed by atoms with Crippen molar-refractivity contribution >= 4 is 44.4 Å². The molecule has 1 rings (SSSR count). The topological polar surface area (TPSA) is 0 Å². The molecular formula is C6H3Cl3F2Si. The van der Waals surface area contributed by atoms with Gasteiger partial charge in [0.2, 0.25) is 0 Å².